The van der Waals surface area contributed by atoms with Crippen LogP contribution in [0.4, 0.5) is 0 Å². The number of fused-ring (bicyclic) bond motifs is 1. The van der Waals surface area contributed by atoms with Gasteiger partial charge in [-0.2, -0.15) is 0 Å². The lowest BCUT2D eigenvalue weighted by atomic mass is 9.88. The first-order valence-corrected chi connectivity index (χ1v) is 7.49. The third-order valence-corrected chi connectivity index (χ3v) is 4.01. The summed E-state index contributed by atoms with van der Waals surface area (Å²) >= 11 is 0. The van der Waals surface area contributed by atoms with Crippen molar-refractivity contribution in [2.45, 2.75) is 45.6 Å². The lowest BCUT2D eigenvalue weighted by Crippen LogP contribution is -2.33. The van der Waals surface area contributed by atoms with Crippen LogP contribution in [0, 0.1) is 0 Å². The maximum Gasteiger partial charge on any atom is 0.0131 e. The summed E-state index contributed by atoms with van der Waals surface area (Å²) in [5, 5.41) is 6.42. The van der Waals surface area contributed by atoms with Crippen LogP contribution in [0.25, 0.3) is 10.8 Å². The summed E-state index contributed by atoms with van der Waals surface area (Å²) in [4.78, 5) is 0. The van der Waals surface area contributed by atoms with E-state index in [4.69, 9.17) is 0 Å². The van der Waals surface area contributed by atoms with E-state index in [0.29, 0.717) is 12.0 Å². The number of rotatable bonds is 6. The molecule has 0 saturated carbocycles. The molecule has 0 saturated heterocycles. The van der Waals surface area contributed by atoms with E-state index < -0.39 is 0 Å². The SMILES string of the molecule is CCCNC(CC)C(C)c1cccc2ccccc12. The third-order valence-electron chi connectivity index (χ3n) is 4.01. The molecule has 0 radical (unpaired) electrons. The standard InChI is InChI=1S/C18H25N/c1-4-13-19-18(5-2)14(3)16-12-8-10-15-9-6-7-11-17(15)16/h6-12,14,18-19H,4-5,13H2,1-3H3. The van der Waals surface area contributed by atoms with Crippen molar-refractivity contribution in [2.75, 3.05) is 6.54 Å². The minimum Gasteiger partial charge on any atom is -0.313 e. The van der Waals surface area contributed by atoms with Crippen molar-refractivity contribution in [2.24, 2.45) is 0 Å². The van der Waals surface area contributed by atoms with E-state index in [9.17, 15) is 0 Å². The molecule has 19 heavy (non-hydrogen) atoms. The van der Waals surface area contributed by atoms with Crippen molar-refractivity contribution >= 4 is 10.8 Å². The Balaban J connectivity index is 2.31. The molecule has 0 aliphatic heterocycles. The fourth-order valence-corrected chi connectivity index (χ4v) is 2.87. The fraction of sp³-hybridized carbons (Fsp3) is 0.444. The summed E-state index contributed by atoms with van der Waals surface area (Å²) in [6.45, 7) is 7.95. The van der Waals surface area contributed by atoms with Crippen molar-refractivity contribution in [3.05, 3.63) is 48.0 Å². The summed E-state index contributed by atoms with van der Waals surface area (Å²) in [6.07, 6.45) is 2.36. The van der Waals surface area contributed by atoms with Gasteiger partial charge in [0.25, 0.3) is 0 Å². The third kappa shape index (κ3) is 3.16. The minimum atomic E-state index is 0.544. The van der Waals surface area contributed by atoms with Gasteiger partial charge in [-0.3, -0.25) is 0 Å². The molecule has 2 aromatic rings. The van der Waals surface area contributed by atoms with Crippen LogP contribution in [-0.2, 0) is 0 Å². The summed E-state index contributed by atoms with van der Waals surface area (Å²) < 4.78 is 0. The van der Waals surface area contributed by atoms with Gasteiger partial charge in [-0.25, -0.2) is 0 Å². The number of hydrogen-bond donors (Lipinski definition) is 1. The second-order valence-corrected chi connectivity index (χ2v) is 5.33. The number of nitrogens with one attached hydrogen (secondary N) is 1. The van der Waals surface area contributed by atoms with Crippen LogP contribution in [0.3, 0.4) is 0 Å². The van der Waals surface area contributed by atoms with Crippen LogP contribution in [0.1, 0.15) is 45.1 Å². The molecule has 0 aliphatic rings. The summed E-state index contributed by atoms with van der Waals surface area (Å²) in [5.74, 6) is 0.544. The molecule has 0 fully saturated rings. The maximum absolute atomic E-state index is 3.68. The predicted molar refractivity (Wildman–Crippen MR) is 84.7 cm³/mol. The first-order chi connectivity index (χ1) is 9.27. The highest BCUT2D eigenvalue weighted by atomic mass is 14.9. The van der Waals surface area contributed by atoms with Crippen molar-refractivity contribution in [1.82, 2.24) is 5.32 Å². The van der Waals surface area contributed by atoms with Crippen LogP contribution in [-0.4, -0.2) is 12.6 Å². The van der Waals surface area contributed by atoms with Gasteiger partial charge in [0.05, 0.1) is 0 Å². The first-order valence-electron chi connectivity index (χ1n) is 7.49. The lowest BCUT2D eigenvalue weighted by molar-refractivity contribution is 0.440. The van der Waals surface area contributed by atoms with E-state index >= 15 is 0 Å². The van der Waals surface area contributed by atoms with Crippen LogP contribution in [0.15, 0.2) is 42.5 Å². The molecule has 2 unspecified atom stereocenters. The molecule has 102 valence electrons. The van der Waals surface area contributed by atoms with Crippen LogP contribution < -0.4 is 5.32 Å². The lowest BCUT2D eigenvalue weighted by Gasteiger charge is -2.25. The molecule has 0 amide bonds. The van der Waals surface area contributed by atoms with Crippen molar-refractivity contribution in [1.29, 1.82) is 0 Å². The van der Waals surface area contributed by atoms with Crippen molar-refractivity contribution in [3.63, 3.8) is 0 Å². The summed E-state index contributed by atoms with van der Waals surface area (Å²) in [6, 6.07) is 15.9. The Morgan fingerprint density at radius 3 is 2.47 bits per heavy atom. The zero-order valence-electron chi connectivity index (χ0n) is 12.3. The van der Waals surface area contributed by atoms with E-state index in [-0.39, 0.29) is 0 Å². The van der Waals surface area contributed by atoms with Gasteiger partial charge in [-0.1, -0.05) is 63.2 Å². The molecular weight excluding hydrogens is 230 g/mol. The van der Waals surface area contributed by atoms with Gasteiger partial charge in [-0.05, 0) is 41.6 Å². The number of hydrogen-bond acceptors (Lipinski definition) is 1. The van der Waals surface area contributed by atoms with Crippen molar-refractivity contribution < 1.29 is 0 Å². The molecule has 0 heterocycles. The molecule has 1 heteroatoms. The zero-order chi connectivity index (χ0) is 13.7. The van der Waals surface area contributed by atoms with Gasteiger partial charge < -0.3 is 5.32 Å². The normalized spacial score (nSPS) is 14.5. The molecule has 2 atom stereocenters. The topological polar surface area (TPSA) is 12.0 Å². The van der Waals surface area contributed by atoms with Crippen LogP contribution >= 0.6 is 0 Å². The highest BCUT2D eigenvalue weighted by Crippen LogP contribution is 2.28. The van der Waals surface area contributed by atoms with Gasteiger partial charge in [0.15, 0.2) is 0 Å². The average molecular weight is 255 g/mol. The molecular formula is C18H25N. The minimum absolute atomic E-state index is 0.544. The average Bonchev–Trinajstić information content (AvgIpc) is 2.47. The molecule has 1 N–H and O–H groups in total. The monoisotopic (exact) mass is 255 g/mol. The van der Waals surface area contributed by atoms with Crippen LogP contribution in [0.2, 0.25) is 0 Å². The Kier molecular flexibility index (Phi) is 4.98. The van der Waals surface area contributed by atoms with Gasteiger partial charge in [-0.15, -0.1) is 0 Å². The van der Waals surface area contributed by atoms with Gasteiger partial charge in [0, 0.05) is 6.04 Å². The second kappa shape index (κ2) is 6.72. The Morgan fingerprint density at radius 1 is 1.00 bits per heavy atom. The van der Waals surface area contributed by atoms with E-state index in [0.717, 1.165) is 6.54 Å². The van der Waals surface area contributed by atoms with E-state index in [1.54, 1.807) is 0 Å². The molecule has 2 aromatic carbocycles. The molecule has 1 nitrogen and oxygen atoms in total. The molecule has 0 bridgehead atoms. The Morgan fingerprint density at radius 2 is 1.74 bits per heavy atom. The molecule has 0 aliphatic carbocycles. The Bertz CT molecular complexity index is 513. The van der Waals surface area contributed by atoms with Gasteiger partial charge in [0.2, 0.25) is 0 Å². The largest absolute Gasteiger partial charge is 0.313 e. The molecule has 2 rings (SSSR count). The smallest absolute Gasteiger partial charge is 0.0131 e. The Hall–Kier alpha value is -1.34. The van der Waals surface area contributed by atoms with Gasteiger partial charge in [0.1, 0.15) is 0 Å². The predicted octanol–water partition coefficient (Wildman–Crippen LogP) is 4.72. The summed E-state index contributed by atoms with van der Waals surface area (Å²) in [7, 11) is 0. The zero-order valence-corrected chi connectivity index (χ0v) is 12.3. The maximum atomic E-state index is 3.68. The molecule has 0 aromatic heterocycles. The van der Waals surface area contributed by atoms with Crippen LogP contribution in [0.5, 0.6) is 0 Å². The first kappa shape index (κ1) is 14.1. The quantitative estimate of drug-likeness (QED) is 0.787. The Labute approximate surface area is 117 Å². The fourth-order valence-electron chi connectivity index (χ4n) is 2.87. The van der Waals surface area contributed by atoms with E-state index in [1.165, 1.54) is 29.2 Å². The van der Waals surface area contributed by atoms with E-state index in [1.807, 2.05) is 0 Å². The van der Waals surface area contributed by atoms with E-state index in [2.05, 4.69) is 68.6 Å². The second-order valence-electron chi connectivity index (χ2n) is 5.33. The van der Waals surface area contributed by atoms with Crippen molar-refractivity contribution in [3.8, 4) is 0 Å². The van der Waals surface area contributed by atoms with Gasteiger partial charge >= 0.3 is 0 Å². The highest BCUT2D eigenvalue weighted by Gasteiger charge is 2.18. The molecule has 0 spiro atoms. The number of benzene rings is 2. The highest BCUT2D eigenvalue weighted by molar-refractivity contribution is 5.86. The summed E-state index contributed by atoms with van der Waals surface area (Å²) in [5.41, 5.74) is 1.47.